The van der Waals surface area contributed by atoms with Gasteiger partial charge < -0.3 is 24.2 Å². The van der Waals surface area contributed by atoms with Crippen molar-refractivity contribution in [1.82, 2.24) is 14.6 Å². The first kappa shape index (κ1) is 30.8. The van der Waals surface area contributed by atoms with E-state index in [-0.39, 0.29) is 5.60 Å². The number of aryl methyl sites for hydroxylation is 2. The Morgan fingerprint density at radius 3 is 2.49 bits per heavy atom. The van der Waals surface area contributed by atoms with E-state index in [4.69, 9.17) is 24.3 Å². The van der Waals surface area contributed by atoms with Gasteiger partial charge in [-0.25, -0.2) is 9.78 Å². The highest BCUT2D eigenvalue weighted by Crippen LogP contribution is 2.39. The average Bonchev–Trinajstić information content (AvgIpc) is 3.41. The van der Waals surface area contributed by atoms with E-state index in [9.17, 15) is 9.90 Å². The zero-order valence-corrected chi connectivity index (χ0v) is 27.0. The van der Waals surface area contributed by atoms with Crippen molar-refractivity contribution in [2.45, 2.75) is 71.7 Å². The first-order chi connectivity index (χ1) is 21.4. The number of benzene rings is 2. The van der Waals surface area contributed by atoms with E-state index in [1.54, 1.807) is 4.52 Å². The van der Waals surface area contributed by atoms with Crippen LogP contribution in [-0.2, 0) is 14.3 Å². The predicted molar refractivity (Wildman–Crippen MR) is 175 cm³/mol. The van der Waals surface area contributed by atoms with E-state index in [1.165, 1.54) is 0 Å². The topological polar surface area (TPSA) is 98.4 Å². The van der Waals surface area contributed by atoms with E-state index in [0.29, 0.717) is 49.0 Å². The summed E-state index contributed by atoms with van der Waals surface area (Å²) in [6, 6.07) is 16.4. The van der Waals surface area contributed by atoms with E-state index < -0.39 is 17.7 Å². The van der Waals surface area contributed by atoms with Crippen molar-refractivity contribution in [3.8, 4) is 28.1 Å². The quantitative estimate of drug-likeness (QED) is 0.249. The van der Waals surface area contributed by atoms with Crippen LogP contribution in [0.25, 0.3) is 28.0 Å². The summed E-state index contributed by atoms with van der Waals surface area (Å²) < 4.78 is 20.6. The third-order valence-corrected chi connectivity index (χ3v) is 8.52. The molecule has 3 aliphatic heterocycles. The number of aliphatic carboxylic acids is 1. The van der Waals surface area contributed by atoms with Crippen molar-refractivity contribution in [2.75, 3.05) is 31.2 Å². The number of piperidine rings is 1. The van der Waals surface area contributed by atoms with Crippen molar-refractivity contribution >= 4 is 17.4 Å². The zero-order valence-electron chi connectivity index (χ0n) is 27.0. The molecule has 236 valence electrons. The summed E-state index contributed by atoms with van der Waals surface area (Å²) >= 11 is 0. The summed E-state index contributed by atoms with van der Waals surface area (Å²) in [6.45, 7) is 13.9. The van der Waals surface area contributed by atoms with Gasteiger partial charge in [-0.1, -0.05) is 35.9 Å². The number of rotatable bonds is 3. The molecule has 0 spiro atoms. The van der Waals surface area contributed by atoms with Crippen molar-refractivity contribution in [3.05, 3.63) is 77.5 Å². The number of fused-ring (bicyclic) bond motifs is 6. The van der Waals surface area contributed by atoms with Gasteiger partial charge in [-0.2, -0.15) is 9.61 Å². The smallest absolute Gasteiger partial charge is 0.337 e. The van der Waals surface area contributed by atoms with Crippen molar-refractivity contribution in [3.63, 3.8) is 0 Å². The minimum absolute atomic E-state index is 0.321. The molecule has 0 unspecified atom stereocenters. The Labute approximate surface area is 264 Å². The summed E-state index contributed by atoms with van der Waals surface area (Å²) in [7, 11) is 0. The summed E-state index contributed by atoms with van der Waals surface area (Å²) in [4.78, 5) is 19.9. The standard InChI is InChI=1S/C36H42N4O5/c1-23-12-13-29-27(20-23)25-10-9-11-26(21-25)28-22-30-37-24(2)31(32(34(41)42)45-35(3,4)5)33(40(30)38-28)39-16-14-36(6,15-17-39)44-19-8-7-18-43-29/h7-13,20-22,32H,14-19H2,1-6H3,(H,41,42)/t32-/m0/s1. The van der Waals surface area contributed by atoms with Crippen molar-refractivity contribution in [2.24, 2.45) is 0 Å². The number of nitrogens with zero attached hydrogens (tertiary/aromatic N) is 4. The lowest BCUT2D eigenvalue weighted by Crippen LogP contribution is -2.45. The molecule has 9 heteroatoms. The number of aromatic nitrogens is 3. The SMILES string of the molecule is Cc1ccc2c(c1)-c1cccc(c1)-c1cc3nc(C)c([C@H](OC(C)(C)C)C(=O)O)c(n3n1)N1CCC(C)(CC1)OCC=CCO2. The van der Waals surface area contributed by atoms with Gasteiger partial charge in [0.1, 0.15) is 18.2 Å². The molecular formula is C36H42N4O5. The van der Waals surface area contributed by atoms with Crippen LogP contribution in [0.4, 0.5) is 5.82 Å². The number of ether oxygens (including phenoxy) is 3. The van der Waals surface area contributed by atoms with Crippen LogP contribution in [-0.4, -0.2) is 63.2 Å². The first-order valence-corrected chi connectivity index (χ1v) is 15.6. The van der Waals surface area contributed by atoms with Gasteiger partial charge in [0, 0.05) is 36.0 Å². The summed E-state index contributed by atoms with van der Waals surface area (Å²) in [6.07, 6.45) is 4.33. The largest absolute Gasteiger partial charge is 0.489 e. The molecule has 1 saturated heterocycles. The van der Waals surface area contributed by atoms with Crippen LogP contribution in [0.15, 0.2) is 60.7 Å². The van der Waals surface area contributed by atoms with Crippen LogP contribution in [0.3, 0.4) is 0 Å². The van der Waals surface area contributed by atoms with E-state index in [1.807, 2.05) is 64.1 Å². The van der Waals surface area contributed by atoms with Gasteiger partial charge in [-0.15, -0.1) is 0 Å². The number of carbonyl (C=O) groups is 1. The molecule has 1 N–H and O–H groups in total. The molecule has 7 rings (SSSR count). The third-order valence-electron chi connectivity index (χ3n) is 8.52. The molecule has 45 heavy (non-hydrogen) atoms. The summed E-state index contributed by atoms with van der Waals surface area (Å²) in [5.74, 6) is 0.442. The fraction of sp³-hybridized carbons (Fsp3) is 0.417. The first-order valence-electron chi connectivity index (χ1n) is 15.6. The highest BCUT2D eigenvalue weighted by atomic mass is 16.5. The second kappa shape index (κ2) is 11.9. The Bertz CT molecular complexity index is 1760. The second-order valence-corrected chi connectivity index (χ2v) is 13.3. The Kier molecular flexibility index (Phi) is 8.18. The Morgan fingerprint density at radius 1 is 1.02 bits per heavy atom. The number of hydrogen-bond donors (Lipinski definition) is 1. The lowest BCUT2D eigenvalue weighted by molar-refractivity contribution is -0.160. The molecule has 3 aliphatic rings. The summed E-state index contributed by atoms with van der Waals surface area (Å²) in [5.41, 5.74) is 5.58. The predicted octanol–water partition coefficient (Wildman–Crippen LogP) is 6.95. The number of carboxylic acids is 1. The molecule has 0 aliphatic carbocycles. The van der Waals surface area contributed by atoms with Gasteiger partial charge in [0.2, 0.25) is 0 Å². The van der Waals surface area contributed by atoms with Gasteiger partial charge in [-0.05, 0) is 84.2 Å². The second-order valence-electron chi connectivity index (χ2n) is 13.3. The minimum atomic E-state index is -1.22. The molecule has 9 nitrogen and oxygen atoms in total. The molecule has 0 saturated carbocycles. The Hall–Kier alpha value is -4.21. The maximum atomic E-state index is 12.8. The maximum absolute atomic E-state index is 12.8. The van der Waals surface area contributed by atoms with Gasteiger partial charge in [0.05, 0.1) is 29.1 Å². The number of hydrogen-bond acceptors (Lipinski definition) is 7. The Balaban J connectivity index is 1.56. The highest BCUT2D eigenvalue weighted by molar-refractivity contribution is 5.80. The number of carboxylic acid groups (broad SMARTS) is 1. The van der Waals surface area contributed by atoms with Crippen LogP contribution >= 0.6 is 0 Å². The molecule has 1 atom stereocenters. The minimum Gasteiger partial charge on any atom is -0.489 e. The van der Waals surface area contributed by atoms with Gasteiger partial charge in [-0.3, -0.25) is 0 Å². The zero-order chi connectivity index (χ0) is 31.9. The lowest BCUT2D eigenvalue weighted by atomic mass is 9.92. The van der Waals surface area contributed by atoms with Crippen LogP contribution in [0.2, 0.25) is 0 Å². The molecule has 0 amide bonds. The average molecular weight is 611 g/mol. The van der Waals surface area contributed by atoms with Crippen molar-refractivity contribution < 1.29 is 24.1 Å². The highest BCUT2D eigenvalue weighted by Gasteiger charge is 2.37. The van der Waals surface area contributed by atoms with Gasteiger partial charge in [0.25, 0.3) is 0 Å². The fourth-order valence-electron chi connectivity index (χ4n) is 6.15. The van der Waals surface area contributed by atoms with Crippen molar-refractivity contribution in [1.29, 1.82) is 0 Å². The summed E-state index contributed by atoms with van der Waals surface area (Å²) in [5, 5.41) is 15.5. The van der Waals surface area contributed by atoms with Crippen LogP contribution in [0.5, 0.6) is 5.75 Å². The normalized spacial score (nSPS) is 17.3. The van der Waals surface area contributed by atoms with Gasteiger partial charge in [0.15, 0.2) is 11.8 Å². The molecule has 0 radical (unpaired) electrons. The molecule has 5 heterocycles. The van der Waals surface area contributed by atoms with Crippen LogP contribution in [0.1, 0.15) is 63.5 Å². The molecule has 2 aromatic heterocycles. The number of anilines is 1. The van der Waals surface area contributed by atoms with E-state index in [0.717, 1.165) is 46.5 Å². The van der Waals surface area contributed by atoms with E-state index in [2.05, 4.69) is 43.0 Å². The monoisotopic (exact) mass is 610 g/mol. The molecular weight excluding hydrogens is 568 g/mol. The van der Waals surface area contributed by atoms with Gasteiger partial charge >= 0.3 is 5.97 Å². The van der Waals surface area contributed by atoms with Crippen LogP contribution < -0.4 is 9.64 Å². The lowest BCUT2D eigenvalue weighted by Gasteiger charge is -2.41. The molecule has 6 bridgehead atoms. The Morgan fingerprint density at radius 2 is 1.76 bits per heavy atom. The van der Waals surface area contributed by atoms with Crippen LogP contribution in [0, 0.1) is 13.8 Å². The molecule has 4 aromatic rings. The molecule has 2 aromatic carbocycles. The molecule has 1 fully saturated rings. The fourth-order valence-corrected chi connectivity index (χ4v) is 6.15. The van der Waals surface area contributed by atoms with E-state index >= 15 is 0 Å². The maximum Gasteiger partial charge on any atom is 0.337 e. The third kappa shape index (κ3) is 6.46.